The normalized spacial score (nSPS) is 14.1. The first-order valence-corrected chi connectivity index (χ1v) is 10.5. The van der Waals surface area contributed by atoms with Gasteiger partial charge in [-0.25, -0.2) is 0 Å². The van der Waals surface area contributed by atoms with Crippen molar-refractivity contribution in [2.75, 3.05) is 11.1 Å². The van der Waals surface area contributed by atoms with E-state index in [9.17, 15) is 9.59 Å². The van der Waals surface area contributed by atoms with Gasteiger partial charge in [0.1, 0.15) is 0 Å². The van der Waals surface area contributed by atoms with E-state index in [4.69, 9.17) is 23.2 Å². The van der Waals surface area contributed by atoms with E-state index in [1.807, 2.05) is 18.2 Å². The molecule has 27 heavy (non-hydrogen) atoms. The monoisotopic (exact) mass is 422 g/mol. The second kappa shape index (κ2) is 9.49. The minimum absolute atomic E-state index is 0.0768. The van der Waals surface area contributed by atoms with Crippen LogP contribution >= 0.6 is 35.0 Å². The highest BCUT2D eigenvalue weighted by atomic mass is 35.5. The molecule has 0 saturated heterocycles. The zero-order chi connectivity index (χ0) is 19.2. The van der Waals surface area contributed by atoms with Gasteiger partial charge in [-0.3, -0.25) is 9.59 Å². The van der Waals surface area contributed by atoms with Gasteiger partial charge in [0.05, 0.1) is 11.3 Å². The van der Waals surface area contributed by atoms with Crippen LogP contribution in [0.2, 0.25) is 10.0 Å². The lowest BCUT2D eigenvalue weighted by Crippen LogP contribution is -2.32. The Morgan fingerprint density at radius 3 is 2.41 bits per heavy atom. The van der Waals surface area contributed by atoms with Gasteiger partial charge in [-0.2, -0.15) is 0 Å². The summed E-state index contributed by atoms with van der Waals surface area (Å²) in [6, 6.07) is 12.5. The van der Waals surface area contributed by atoms with E-state index >= 15 is 0 Å². The molecule has 0 spiro atoms. The molecule has 1 aliphatic rings. The van der Waals surface area contributed by atoms with Gasteiger partial charge in [0.15, 0.2) is 0 Å². The van der Waals surface area contributed by atoms with Crippen molar-refractivity contribution < 1.29 is 9.59 Å². The summed E-state index contributed by atoms with van der Waals surface area (Å²) in [6.45, 7) is 0. The molecule has 2 aromatic rings. The number of halogens is 2. The molecule has 0 heterocycles. The maximum absolute atomic E-state index is 12.6. The fraction of sp³-hybridized carbons (Fsp3) is 0.300. The number of carbonyl (C=O) groups excluding carboxylic acids is 2. The van der Waals surface area contributed by atoms with Crippen LogP contribution in [0.4, 0.5) is 5.69 Å². The lowest BCUT2D eigenvalue weighted by molar-refractivity contribution is -0.113. The van der Waals surface area contributed by atoms with Crippen LogP contribution in [0.25, 0.3) is 0 Å². The Labute approximate surface area is 173 Å². The molecular formula is C20H20Cl2N2O2S. The molecule has 1 aliphatic carbocycles. The minimum atomic E-state index is -0.190. The molecule has 3 rings (SSSR count). The van der Waals surface area contributed by atoms with Gasteiger partial charge in [0.25, 0.3) is 5.91 Å². The molecule has 0 atom stereocenters. The van der Waals surface area contributed by atoms with E-state index in [0.717, 1.165) is 30.6 Å². The number of rotatable bonds is 6. The van der Waals surface area contributed by atoms with Crippen LogP contribution in [0, 0.1) is 0 Å². The van der Waals surface area contributed by atoms with Crippen molar-refractivity contribution in [1.29, 1.82) is 0 Å². The predicted octanol–water partition coefficient (Wildman–Crippen LogP) is 5.40. The summed E-state index contributed by atoms with van der Waals surface area (Å²) >= 11 is 13.2. The summed E-state index contributed by atoms with van der Waals surface area (Å²) in [5.74, 6) is -0.0888. The smallest absolute Gasteiger partial charge is 0.252 e. The van der Waals surface area contributed by atoms with Gasteiger partial charge >= 0.3 is 0 Å². The Kier molecular flexibility index (Phi) is 7.05. The standard InChI is InChI=1S/C20H20Cl2N2O2S/c21-13-9-14(22)11-16(10-13)23-19(25)12-27-18-8-4-3-7-17(18)20(26)24-15-5-1-2-6-15/h3-4,7-11,15H,1-2,5-6,12H2,(H,23,25)(H,24,26). The van der Waals surface area contributed by atoms with Crippen molar-refractivity contribution in [3.05, 3.63) is 58.1 Å². The van der Waals surface area contributed by atoms with E-state index in [1.165, 1.54) is 11.8 Å². The molecule has 4 nitrogen and oxygen atoms in total. The molecule has 142 valence electrons. The number of anilines is 1. The zero-order valence-electron chi connectivity index (χ0n) is 14.6. The fourth-order valence-corrected chi connectivity index (χ4v) is 4.46. The van der Waals surface area contributed by atoms with Crippen LogP contribution in [0.1, 0.15) is 36.0 Å². The molecule has 0 unspecified atom stereocenters. The van der Waals surface area contributed by atoms with E-state index in [0.29, 0.717) is 21.3 Å². The fourth-order valence-electron chi connectivity index (χ4n) is 3.08. The van der Waals surface area contributed by atoms with Crippen LogP contribution in [-0.2, 0) is 4.79 Å². The summed E-state index contributed by atoms with van der Waals surface area (Å²) in [4.78, 5) is 25.6. The number of nitrogens with one attached hydrogen (secondary N) is 2. The third-order valence-corrected chi connectivity index (χ3v) is 5.84. The molecule has 1 fully saturated rings. The van der Waals surface area contributed by atoms with Crippen LogP contribution in [0.5, 0.6) is 0 Å². The molecule has 0 aromatic heterocycles. The maximum atomic E-state index is 12.6. The van der Waals surface area contributed by atoms with Crippen LogP contribution < -0.4 is 10.6 Å². The topological polar surface area (TPSA) is 58.2 Å². The van der Waals surface area contributed by atoms with E-state index in [-0.39, 0.29) is 23.6 Å². The van der Waals surface area contributed by atoms with Gasteiger partial charge in [-0.05, 0) is 43.2 Å². The maximum Gasteiger partial charge on any atom is 0.252 e. The molecule has 0 aliphatic heterocycles. The Morgan fingerprint density at radius 1 is 1.04 bits per heavy atom. The summed E-state index contributed by atoms with van der Waals surface area (Å²) in [5.41, 5.74) is 1.15. The number of hydrogen-bond donors (Lipinski definition) is 2. The van der Waals surface area contributed by atoms with Crippen molar-refractivity contribution in [3.8, 4) is 0 Å². The Morgan fingerprint density at radius 2 is 1.70 bits per heavy atom. The van der Waals surface area contributed by atoms with Crippen LogP contribution in [0.3, 0.4) is 0 Å². The van der Waals surface area contributed by atoms with Gasteiger partial charge in [-0.1, -0.05) is 48.2 Å². The first-order valence-electron chi connectivity index (χ1n) is 8.80. The highest BCUT2D eigenvalue weighted by molar-refractivity contribution is 8.00. The number of hydrogen-bond acceptors (Lipinski definition) is 3. The van der Waals surface area contributed by atoms with E-state index < -0.39 is 0 Å². The molecular weight excluding hydrogens is 403 g/mol. The number of benzene rings is 2. The summed E-state index contributed by atoms with van der Waals surface area (Å²) < 4.78 is 0. The van der Waals surface area contributed by atoms with Crippen LogP contribution in [-0.4, -0.2) is 23.6 Å². The highest BCUT2D eigenvalue weighted by Gasteiger charge is 2.20. The molecule has 0 radical (unpaired) electrons. The van der Waals surface area contributed by atoms with Gasteiger partial charge in [0.2, 0.25) is 5.91 Å². The SMILES string of the molecule is O=C(CSc1ccccc1C(=O)NC1CCCC1)Nc1cc(Cl)cc(Cl)c1. The summed E-state index contributed by atoms with van der Waals surface area (Å²) in [6.07, 6.45) is 4.39. The van der Waals surface area contributed by atoms with Crippen molar-refractivity contribution in [2.45, 2.75) is 36.6 Å². The predicted molar refractivity (Wildman–Crippen MR) is 112 cm³/mol. The lowest BCUT2D eigenvalue weighted by atomic mass is 10.2. The largest absolute Gasteiger partial charge is 0.349 e. The average molecular weight is 423 g/mol. The van der Waals surface area contributed by atoms with Crippen molar-refractivity contribution in [3.63, 3.8) is 0 Å². The highest BCUT2D eigenvalue weighted by Crippen LogP contribution is 2.26. The molecule has 0 bridgehead atoms. The average Bonchev–Trinajstić information content (AvgIpc) is 3.12. The third-order valence-electron chi connectivity index (χ3n) is 4.33. The molecule has 2 N–H and O–H groups in total. The van der Waals surface area contributed by atoms with Crippen molar-refractivity contribution in [2.24, 2.45) is 0 Å². The Hall–Kier alpha value is -1.69. The Balaban J connectivity index is 1.60. The summed E-state index contributed by atoms with van der Waals surface area (Å²) in [5, 5.41) is 6.78. The van der Waals surface area contributed by atoms with E-state index in [1.54, 1.807) is 24.3 Å². The van der Waals surface area contributed by atoms with Crippen molar-refractivity contribution >= 4 is 52.5 Å². The first-order chi connectivity index (χ1) is 13.0. The summed E-state index contributed by atoms with van der Waals surface area (Å²) in [7, 11) is 0. The van der Waals surface area contributed by atoms with Crippen LogP contribution in [0.15, 0.2) is 47.4 Å². The third kappa shape index (κ3) is 5.89. The quantitative estimate of drug-likeness (QED) is 0.612. The first kappa shape index (κ1) is 20.1. The number of amides is 2. The lowest BCUT2D eigenvalue weighted by Gasteiger charge is -2.14. The second-order valence-electron chi connectivity index (χ2n) is 6.45. The molecule has 1 saturated carbocycles. The Bertz CT molecular complexity index is 818. The second-order valence-corrected chi connectivity index (χ2v) is 8.34. The molecule has 2 aromatic carbocycles. The van der Waals surface area contributed by atoms with Gasteiger partial charge in [-0.15, -0.1) is 11.8 Å². The van der Waals surface area contributed by atoms with Gasteiger partial charge in [0, 0.05) is 26.7 Å². The van der Waals surface area contributed by atoms with Gasteiger partial charge < -0.3 is 10.6 Å². The minimum Gasteiger partial charge on any atom is -0.349 e. The number of carbonyl (C=O) groups is 2. The zero-order valence-corrected chi connectivity index (χ0v) is 17.0. The molecule has 2 amide bonds. The molecule has 7 heteroatoms. The van der Waals surface area contributed by atoms with E-state index in [2.05, 4.69) is 10.6 Å². The number of thioether (sulfide) groups is 1. The van der Waals surface area contributed by atoms with Crippen molar-refractivity contribution in [1.82, 2.24) is 5.32 Å².